The van der Waals surface area contributed by atoms with E-state index in [-0.39, 0.29) is 5.41 Å². The van der Waals surface area contributed by atoms with Crippen molar-refractivity contribution in [3.8, 4) is 0 Å². The second kappa shape index (κ2) is 4.59. The van der Waals surface area contributed by atoms with Crippen LogP contribution < -0.4 is 5.32 Å². The van der Waals surface area contributed by atoms with Crippen molar-refractivity contribution in [2.45, 2.75) is 53.9 Å². The van der Waals surface area contributed by atoms with Crippen molar-refractivity contribution in [2.24, 2.45) is 16.7 Å². The van der Waals surface area contributed by atoms with Gasteiger partial charge in [0.15, 0.2) is 0 Å². The maximum atomic E-state index is 6.11. The van der Waals surface area contributed by atoms with Crippen LogP contribution in [-0.4, -0.2) is 16.5 Å². The monoisotopic (exact) mass is 295 g/mol. The number of nitrogens with zero attached hydrogens (tertiary/aromatic N) is 2. The summed E-state index contributed by atoms with van der Waals surface area (Å²) < 4.78 is 0. The minimum absolute atomic E-state index is 0.0978. The molecule has 0 saturated heterocycles. The molecule has 1 fully saturated rings. The van der Waals surface area contributed by atoms with Crippen molar-refractivity contribution in [3.63, 3.8) is 0 Å². The van der Waals surface area contributed by atoms with Crippen LogP contribution in [0, 0.1) is 16.7 Å². The molecule has 112 valence electrons. The van der Waals surface area contributed by atoms with E-state index in [4.69, 9.17) is 11.6 Å². The molecule has 0 aliphatic heterocycles. The summed E-state index contributed by atoms with van der Waals surface area (Å²) in [4.78, 5) is 8.91. The fourth-order valence-corrected chi connectivity index (χ4v) is 3.08. The van der Waals surface area contributed by atoms with E-state index in [1.165, 1.54) is 0 Å². The molecular formula is C16H26ClN3. The van der Waals surface area contributed by atoms with Gasteiger partial charge in [-0.15, -0.1) is 0 Å². The lowest BCUT2D eigenvalue weighted by molar-refractivity contribution is 0.457. The van der Waals surface area contributed by atoms with Gasteiger partial charge < -0.3 is 5.32 Å². The molecule has 1 aliphatic rings. The first kappa shape index (κ1) is 15.6. The van der Waals surface area contributed by atoms with Crippen molar-refractivity contribution < 1.29 is 0 Å². The van der Waals surface area contributed by atoms with Crippen LogP contribution >= 0.6 is 11.6 Å². The molecule has 1 aromatic rings. The molecule has 0 radical (unpaired) electrons. The second-order valence-corrected chi connectivity index (χ2v) is 8.41. The summed E-state index contributed by atoms with van der Waals surface area (Å²) in [5, 5.41) is 3.94. The van der Waals surface area contributed by atoms with E-state index < -0.39 is 0 Å². The van der Waals surface area contributed by atoms with Gasteiger partial charge in [0.2, 0.25) is 0 Å². The molecule has 1 N–H and O–H groups in total. The van der Waals surface area contributed by atoms with E-state index in [2.05, 4.69) is 63.8 Å². The number of rotatable bonds is 3. The lowest BCUT2D eigenvalue weighted by Crippen LogP contribution is -2.18. The lowest BCUT2D eigenvalue weighted by Gasteiger charge is -2.18. The van der Waals surface area contributed by atoms with Gasteiger partial charge in [0, 0.05) is 18.0 Å². The number of hydrogen-bond donors (Lipinski definition) is 1. The standard InChI is InChI=1S/C16H26ClN3/c1-14(2,3)13-19-11(17)8-12(20-13)18-9-10-15(4,5)16(10,6)7/h8,10H,9H2,1-7H3,(H,18,19,20). The van der Waals surface area contributed by atoms with Crippen LogP contribution in [0.3, 0.4) is 0 Å². The Hall–Kier alpha value is -0.830. The molecule has 0 bridgehead atoms. The molecule has 0 aromatic carbocycles. The van der Waals surface area contributed by atoms with Gasteiger partial charge in [0.1, 0.15) is 16.8 Å². The van der Waals surface area contributed by atoms with Crippen LogP contribution in [0.2, 0.25) is 5.15 Å². The largest absolute Gasteiger partial charge is 0.370 e. The van der Waals surface area contributed by atoms with Crippen molar-refractivity contribution in [3.05, 3.63) is 17.0 Å². The van der Waals surface area contributed by atoms with Crippen molar-refractivity contribution in [1.29, 1.82) is 0 Å². The number of aromatic nitrogens is 2. The van der Waals surface area contributed by atoms with E-state index >= 15 is 0 Å². The molecule has 1 aliphatic carbocycles. The summed E-state index contributed by atoms with van der Waals surface area (Å²) in [5.74, 6) is 2.26. The summed E-state index contributed by atoms with van der Waals surface area (Å²) in [7, 11) is 0. The second-order valence-electron chi connectivity index (χ2n) is 8.03. The third-order valence-electron chi connectivity index (χ3n) is 5.17. The molecule has 1 aromatic heterocycles. The number of anilines is 1. The van der Waals surface area contributed by atoms with Crippen LogP contribution in [0.5, 0.6) is 0 Å². The van der Waals surface area contributed by atoms with Crippen molar-refractivity contribution >= 4 is 17.4 Å². The molecule has 1 heterocycles. The van der Waals surface area contributed by atoms with Crippen LogP contribution in [0.25, 0.3) is 0 Å². The summed E-state index contributed by atoms with van der Waals surface area (Å²) in [6.45, 7) is 16.5. The van der Waals surface area contributed by atoms with Crippen LogP contribution in [0.15, 0.2) is 6.07 Å². The zero-order chi connectivity index (χ0) is 15.3. The normalized spacial score (nSPS) is 20.8. The molecule has 0 atom stereocenters. The maximum absolute atomic E-state index is 6.11. The first-order valence-electron chi connectivity index (χ1n) is 7.25. The lowest BCUT2D eigenvalue weighted by atomic mass is 9.96. The Balaban J connectivity index is 2.10. The molecule has 20 heavy (non-hydrogen) atoms. The van der Waals surface area contributed by atoms with E-state index in [9.17, 15) is 0 Å². The molecule has 1 saturated carbocycles. The number of nitrogens with one attached hydrogen (secondary N) is 1. The highest BCUT2D eigenvalue weighted by atomic mass is 35.5. The Morgan fingerprint density at radius 1 is 1.15 bits per heavy atom. The van der Waals surface area contributed by atoms with Crippen molar-refractivity contribution in [1.82, 2.24) is 9.97 Å². The van der Waals surface area contributed by atoms with Gasteiger partial charge in [-0.1, -0.05) is 60.1 Å². The molecule has 0 spiro atoms. The Morgan fingerprint density at radius 3 is 2.15 bits per heavy atom. The summed E-state index contributed by atoms with van der Waals surface area (Å²) in [6, 6.07) is 1.80. The predicted octanol–water partition coefficient (Wildman–Crippen LogP) is 4.52. The summed E-state index contributed by atoms with van der Waals surface area (Å²) in [6.07, 6.45) is 0. The van der Waals surface area contributed by atoms with E-state index in [1.807, 2.05) is 0 Å². The predicted molar refractivity (Wildman–Crippen MR) is 85.3 cm³/mol. The molecular weight excluding hydrogens is 270 g/mol. The van der Waals surface area contributed by atoms with E-state index in [1.54, 1.807) is 6.07 Å². The zero-order valence-corrected chi connectivity index (χ0v) is 14.4. The summed E-state index contributed by atoms with van der Waals surface area (Å²) in [5.41, 5.74) is 0.660. The molecule has 2 rings (SSSR count). The Labute approximate surface area is 127 Å². The third kappa shape index (κ3) is 2.65. The van der Waals surface area contributed by atoms with Gasteiger partial charge in [0.25, 0.3) is 0 Å². The van der Waals surface area contributed by atoms with E-state index in [0.29, 0.717) is 21.9 Å². The SMILES string of the molecule is CC(C)(C)c1nc(Cl)cc(NCC2C(C)(C)C2(C)C)n1. The Morgan fingerprint density at radius 2 is 1.70 bits per heavy atom. The fraction of sp³-hybridized carbons (Fsp3) is 0.750. The minimum atomic E-state index is -0.0978. The van der Waals surface area contributed by atoms with Crippen LogP contribution in [0.1, 0.15) is 54.3 Å². The summed E-state index contributed by atoms with van der Waals surface area (Å²) >= 11 is 6.11. The van der Waals surface area contributed by atoms with Gasteiger partial charge in [-0.2, -0.15) is 0 Å². The first-order valence-corrected chi connectivity index (χ1v) is 7.63. The maximum Gasteiger partial charge on any atom is 0.137 e. The van der Waals surface area contributed by atoms with Crippen LogP contribution in [-0.2, 0) is 5.41 Å². The van der Waals surface area contributed by atoms with Gasteiger partial charge in [0.05, 0.1) is 0 Å². The average molecular weight is 296 g/mol. The Bertz CT molecular complexity index is 501. The molecule has 0 amide bonds. The highest BCUT2D eigenvalue weighted by Gasteiger charge is 2.64. The van der Waals surface area contributed by atoms with E-state index in [0.717, 1.165) is 18.2 Å². The molecule has 3 nitrogen and oxygen atoms in total. The van der Waals surface area contributed by atoms with Gasteiger partial charge in [-0.3, -0.25) is 0 Å². The topological polar surface area (TPSA) is 37.8 Å². The van der Waals surface area contributed by atoms with Crippen LogP contribution in [0.4, 0.5) is 5.82 Å². The number of halogens is 1. The highest BCUT2D eigenvalue weighted by Crippen LogP contribution is 2.68. The zero-order valence-electron chi connectivity index (χ0n) is 13.6. The minimum Gasteiger partial charge on any atom is -0.370 e. The third-order valence-corrected chi connectivity index (χ3v) is 5.37. The van der Waals surface area contributed by atoms with Gasteiger partial charge >= 0.3 is 0 Å². The molecule has 4 heteroatoms. The smallest absolute Gasteiger partial charge is 0.137 e. The fourth-order valence-electron chi connectivity index (χ4n) is 2.89. The van der Waals surface area contributed by atoms with Crippen molar-refractivity contribution in [2.75, 3.05) is 11.9 Å². The highest BCUT2D eigenvalue weighted by molar-refractivity contribution is 6.29. The number of hydrogen-bond acceptors (Lipinski definition) is 3. The van der Waals surface area contributed by atoms with Gasteiger partial charge in [-0.05, 0) is 16.7 Å². The van der Waals surface area contributed by atoms with Gasteiger partial charge in [-0.25, -0.2) is 9.97 Å². The average Bonchev–Trinajstić information content (AvgIpc) is 2.65. The quantitative estimate of drug-likeness (QED) is 0.833. The first-order chi connectivity index (χ1) is 8.96. The molecule has 0 unspecified atom stereocenters. The Kier molecular flexibility index (Phi) is 3.57.